The molecule has 0 aromatic rings. The summed E-state index contributed by atoms with van der Waals surface area (Å²) in [6, 6.07) is -0.417. The number of hydrogen-bond donors (Lipinski definition) is 3. The molecule has 0 saturated heterocycles. The summed E-state index contributed by atoms with van der Waals surface area (Å²) in [6.45, 7) is 5.65. The van der Waals surface area contributed by atoms with Crippen molar-refractivity contribution in [1.29, 1.82) is 0 Å². The third kappa shape index (κ3) is 2.64. The van der Waals surface area contributed by atoms with E-state index < -0.39 is 6.10 Å². The van der Waals surface area contributed by atoms with E-state index in [0.29, 0.717) is 5.92 Å². The molecule has 3 atom stereocenters. The van der Waals surface area contributed by atoms with E-state index in [1.54, 1.807) is 6.92 Å². The molecule has 0 aliphatic heterocycles. The molecule has 3 nitrogen and oxygen atoms in total. The third-order valence-corrected chi connectivity index (χ3v) is 1.77. The van der Waals surface area contributed by atoms with Crippen LogP contribution in [0.15, 0.2) is 0 Å². The standard InChI is InChI=1S/C7H18N2O/c1-4(2)6(8)7(9)5(3)10/h4-7,10H,8-9H2,1-3H3. The second-order valence-corrected chi connectivity index (χ2v) is 3.14. The van der Waals surface area contributed by atoms with Gasteiger partial charge in [0.15, 0.2) is 0 Å². The average molecular weight is 146 g/mol. The Bertz CT molecular complexity index is 81.6. The van der Waals surface area contributed by atoms with Crippen molar-refractivity contribution in [3.63, 3.8) is 0 Å². The van der Waals surface area contributed by atoms with Gasteiger partial charge in [-0.3, -0.25) is 0 Å². The molecule has 0 fully saturated rings. The van der Waals surface area contributed by atoms with E-state index in [1.807, 2.05) is 13.8 Å². The zero-order valence-corrected chi connectivity index (χ0v) is 6.91. The molecule has 0 aromatic heterocycles. The normalized spacial score (nSPS) is 20.7. The van der Waals surface area contributed by atoms with E-state index >= 15 is 0 Å². The van der Waals surface area contributed by atoms with Gasteiger partial charge in [0.05, 0.1) is 6.10 Å². The van der Waals surface area contributed by atoms with Crippen LogP contribution < -0.4 is 11.5 Å². The lowest BCUT2D eigenvalue weighted by molar-refractivity contribution is 0.141. The van der Waals surface area contributed by atoms with Crippen LogP contribution in [-0.4, -0.2) is 23.3 Å². The van der Waals surface area contributed by atoms with Crippen molar-refractivity contribution in [2.45, 2.75) is 39.0 Å². The fraction of sp³-hybridized carbons (Fsp3) is 1.00. The highest BCUT2D eigenvalue weighted by molar-refractivity contribution is 4.82. The minimum Gasteiger partial charge on any atom is -0.392 e. The Labute approximate surface area is 62.4 Å². The molecule has 0 rings (SSSR count). The maximum atomic E-state index is 9.04. The van der Waals surface area contributed by atoms with Crippen molar-refractivity contribution in [1.82, 2.24) is 0 Å². The topological polar surface area (TPSA) is 72.3 Å². The highest BCUT2D eigenvalue weighted by atomic mass is 16.3. The summed E-state index contributed by atoms with van der Waals surface area (Å²) in [4.78, 5) is 0. The van der Waals surface area contributed by atoms with Gasteiger partial charge >= 0.3 is 0 Å². The van der Waals surface area contributed by atoms with Crippen molar-refractivity contribution in [2.75, 3.05) is 0 Å². The monoisotopic (exact) mass is 146 g/mol. The van der Waals surface area contributed by atoms with Crippen molar-refractivity contribution < 1.29 is 5.11 Å². The highest BCUT2D eigenvalue weighted by Crippen LogP contribution is 2.04. The summed E-state index contributed by atoms with van der Waals surface area (Å²) in [5.41, 5.74) is 11.3. The number of rotatable bonds is 3. The van der Waals surface area contributed by atoms with Gasteiger partial charge in [0.25, 0.3) is 0 Å². The molecule has 0 aliphatic carbocycles. The summed E-state index contributed by atoms with van der Waals surface area (Å²) in [5, 5.41) is 9.04. The minimum absolute atomic E-state index is 0.111. The number of hydrogen-bond acceptors (Lipinski definition) is 3. The first kappa shape index (κ1) is 9.88. The van der Waals surface area contributed by atoms with Crippen molar-refractivity contribution in [3.8, 4) is 0 Å². The molecule has 0 bridgehead atoms. The molecule has 0 radical (unpaired) electrons. The summed E-state index contributed by atoms with van der Waals surface area (Å²) in [5.74, 6) is 0.324. The second-order valence-electron chi connectivity index (χ2n) is 3.14. The fourth-order valence-corrected chi connectivity index (χ4v) is 0.766. The van der Waals surface area contributed by atoms with Crippen LogP contribution in [-0.2, 0) is 0 Å². The summed E-state index contributed by atoms with van der Waals surface area (Å²) in [6.07, 6.45) is -0.516. The highest BCUT2D eigenvalue weighted by Gasteiger charge is 2.20. The molecule has 3 unspecified atom stereocenters. The Kier molecular flexibility index (Phi) is 3.86. The molecule has 0 spiro atoms. The maximum Gasteiger partial charge on any atom is 0.0678 e. The Morgan fingerprint density at radius 3 is 1.50 bits per heavy atom. The minimum atomic E-state index is -0.516. The molecule has 0 aromatic carbocycles. The zero-order chi connectivity index (χ0) is 8.31. The predicted octanol–water partition coefficient (Wildman–Crippen LogP) is -0.322. The number of nitrogens with two attached hydrogens (primary N) is 2. The van der Waals surface area contributed by atoms with E-state index in [2.05, 4.69) is 0 Å². The van der Waals surface area contributed by atoms with Gasteiger partial charge in [0, 0.05) is 12.1 Å². The van der Waals surface area contributed by atoms with Gasteiger partial charge in [-0.25, -0.2) is 0 Å². The van der Waals surface area contributed by atoms with Gasteiger partial charge in [0.1, 0.15) is 0 Å². The molecular formula is C7H18N2O. The number of aliphatic hydroxyl groups is 1. The van der Waals surface area contributed by atoms with Gasteiger partial charge in [0.2, 0.25) is 0 Å². The van der Waals surface area contributed by atoms with Crippen LogP contribution in [0.1, 0.15) is 20.8 Å². The smallest absolute Gasteiger partial charge is 0.0678 e. The van der Waals surface area contributed by atoms with E-state index in [-0.39, 0.29) is 12.1 Å². The summed E-state index contributed by atoms with van der Waals surface area (Å²) < 4.78 is 0. The summed E-state index contributed by atoms with van der Waals surface area (Å²) in [7, 11) is 0. The molecule has 62 valence electrons. The Morgan fingerprint density at radius 2 is 1.40 bits per heavy atom. The molecular weight excluding hydrogens is 128 g/mol. The van der Waals surface area contributed by atoms with Gasteiger partial charge in [-0.05, 0) is 12.8 Å². The van der Waals surface area contributed by atoms with Crippen LogP contribution in [0, 0.1) is 5.92 Å². The van der Waals surface area contributed by atoms with Crippen molar-refractivity contribution in [3.05, 3.63) is 0 Å². The predicted molar refractivity (Wildman–Crippen MR) is 42.5 cm³/mol. The first-order valence-electron chi connectivity index (χ1n) is 3.66. The molecule has 10 heavy (non-hydrogen) atoms. The van der Waals surface area contributed by atoms with Gasteiger partial charge in [-0.2, -0.15) is 0 Å². The molecule has 0 heterocycles. The van der Waals surface area contributed by atoms with Gasteiger partial charge in [-0.15, -0.1) is 0 Å². The van der Waals surface area contributed by atoms with E-state index in [9.17, 15) is 0 Å². The van der Waals surface area contributed by atoms with Crippen LogP contribution in [0.4, 0.5) is 0 Å². The van der Waals surface area contributed by atoms with Crippen molar-refractivity contribution in [2.24, 2.45) is 17.4 Å². The quantitative estimate of drug-likeness (QED) is 0.511. The van der Waals surface area contributed by atoms with Crippen LogP contribution >= 0.6 is 0 Å². The van der Waals surface area contributed by atoms with E-state index in [4.69, 9.17) is 16.6 Å². The Morgan fingerprint density at radius 1 is 1.00 bits per heavy atom. The zero-order valence-electron chi connectivity index (χ0n) is 6.91. The van der Waals surface area contributed by atoms with Gasteiger partial charge < -0.3 is 16.6 Å². The second kappa shape index (κ2) is 3.91. The summed E-state index contributed by atoms with van der Waals surface area (Å²) >= 11 is 0. The Balaban J connectivity index is 3.81. The van der Waals surface area contributed by atoms with Crippen LogP contribution in [0.5, 0.6) is 0 Å². The van der Waals surface area contributed by atoms with Gasteiger partial charge in [-0.1, -0.05) is 13.8 Å². The van der Waals surface area contributed by atoms with Crippen LogP contribution in [0.2, 0.25) is 0 Å². The van der Waals surface area contributed by atoms with Crippen molar-refractivity contribution >= 4 is 0 Å². The first-order valence-corrected chi connectivity index (χ1v) is 3.66. The molecule has 3 heteroatoms. The van der Waals surface area contributed by atoms with Crippen LogP contribution in [0.3, 0.4) is 0 Å². The SMILES string of the molecule is CC(C)C(N)C(N)C(C)O. The average Bonchev–Trinajstić information content (AvgIpc) is 1.84. The lowest BCUT2D eigenvalue weighted by Gasteiger charge is -2.25. The lowest BCUT2D eigenvalue weighted by Crippen LogP contribution is -2.50. The molecule has 0 amide bonds. The largest absolute Gasteiger partial charge is 0.392 e. The van der Waals surface area contributed by atoms with E-state index in [1.165, 1.54) is 0 Å². The van der Waals surface area contributed by atoms with Crippen LogP contribution in [0.25, 0.3) is 0 Å². The van der Waals surface area contributed by atoms with E-state index in [0.717, 1.165) is 0 Å². The maximum absolute atomic E-state index is 9.04. The molecule has 0 aliphatic rings. The third-order valence-electron chi connectivity index (χ3n) is 1.77. The number of aliphatic hydroxyl groups excluding tert-OH is 1. The lowest BCUT2D eigenvalue weighted by atomic mass is 9.95. The molecule has 0 saturated carbocycles. The Hall–Kier alpha value is -0.120. The molecule has 5 N–H and O–H groups in total. The fourth-order valence-electron chi connectivity index (χ4n) is 0.766. The first-order chi connectivity index (χ1) is 4.46.